The highest BCUT2D eigenvalue weighted by molar-refractivity contribution is 8.14. The van der Waals surface area contributed by atoms with Crippen molar-refractivity contribution in [3.63, 3.8) is 0 Å². The highest BCUT2D eigenvalue weighted by atomic mass is 35.7. The van der Waals surface area contributed by atoms with E-state index in [1.165, 1.54) is 6.92 Å². The minimum Gasteiger partial charge on any atom is -0.212 e. The number of rotatable bonds is 6. The molecule has 0 saturated carbocycles. The normalized spacial score (nSPS) is 18.4. The van der Waals surface area contributed by atoms with Gasteiger partial charge < -0.3 is 0 Å². The minimum atomic E-state index is -3.75. The van der Waals surface area contributed by atoms with Crippen LogP contribution in [-0.4, -0.2) is 13.6 Å². The van der Waals surface area contributed by atoms with Crippen LogP contribution < -0.4 is 0 Å². The highest BCUT2D eigenvalue weighted by Crippen LogP contribution is 2.14. The molecular formula is C8H17ClO2S. The van der Waals surface area contributed by atoms with E-state index in [2.05, 4.69) is 6.92 Å². The summed E-state index contributed by atoms with van der Waals surface area (Å²) in [4.78, 5) is 0. The number of unbranched alkanes of at least 4 members (excludes halogenated alkanes) is 3. The van der Waals surface area contributed by atoms with Crippen LogP contribution in [0.3, 0.4) is 0 Å². The summed E-state index contributed by atoms with van der Waals surface area (Å²) in [6, 6.07) is 0. The molecule has 74 valence electrons. The van der Waals surface area contributed by atoms with Crippen LogP contribution in [0.15, 0.2) is 0 Å². The molecule has 0 saturated heterocycles. The van der Waals surface area contributed by atoms with Gasteiger partial charge in [0.25, 0.3) is 0 Å². The summed E-state index contributed by atoms with van der Waals surface area (Å²) in [5.41, 5.74) is 0. The van der Waals surface area contributed by atoms with Crippen LogP contribution in [0.25, 0.3) is 0 Å². The SMILES string of the molecule is [2H][C@@](C)(CCCCCC)S(=O)(=O)Cl. The molecule has 0 aliphatic carbocycles. The molecule has 2 nitrogen and oxygen atoms in total. The predicted molar refractivity (Wildman–Crippen MR) is 53.0 cm³/mol. The lowest BCUT2D eigenvalue weighted by Gasteiger charge is -2.05. The molecule has 0 N–H and O–H groups in total. The van der Waals surface area contributed by atoms with Crippen molar-refractivity contribution in [1.29, 1.82) is 0 Å². The quantitative estimate of drug-likeness (QED) is 0.502. The number of hydrogen-bond acceptors (Lipinski definition) is 2. The lowest BCUT2D eigenvalue weighted by Crippen LogP contribution is -2.10. The summed E-state index contributed by atoms with van der Waals surface area (Å²) in [6.07, 6.45) is 4.22. The maximum Gasteiger partial charge on any atom is 0.235 e. The standard InChI is InChI=1S/C8H17ClO2S/c1-3-4-5-6-7-8(2)12(9,10)11/h8H,3-7H2,1-2H3/t8-/m1/s1/i8D. The summed E-state index contributed by atoms with van der Waals surface area (Å²) in [7, 11) is 1.37. The van der Waals surface area contributed by atoms with Crippen molar-refractivity contribution in [3.8, 4) is 0 Å². The van der Waals surface area contributed by atoms with Crippen molar-refractivity contribution in [3.05, 3.63) is 0 Å². The third kappa shape index (κ3) is 5.84. The van der Waals surface area contributed by atoms with Crippen molar-refractivity contribution >= 4 is 19.7 Å². The van der Waals surface area contributed by atoms with E-state index < -0.39 is 14.3 Å². The zero-order chi connectivity index (χ0) is 10.5. The third-order valence-electron chi connectivity index (χ3n) is 1.80. The zero-order valence-corrected chi connectivity index (χ0v) is 9.21. The van der Waals surface area contributed by atoms with E-state index in [1.54, 1.807) is 0 Å². The van der Waals surface area contributed by atoms with Crippen molar-refractivity contribution in [2.45, 2.75) is 51.2 Å². The van der Waals surface area contributed by atoms with Gasteiger partial charge >= 0.3 is 0 Å². The smallest absolute Gasteiger partial charge is 0.212 e. The first-order chi connectivity index (χ1) is 5.81. The lowest BCUT2D eigenvalue weighted by molar-refractivity contribution is 0.575. The molecule has 0 heterocycles. The van der Waals surface area contributed by atoms with Crippen LogP contribution in [-0.2, 0) is 9.05 Å². The van der Waals surface area contributed by atoms with Gasteiger partial charge in [-0.15, -0.1) is 0 Å². The monoisotopic (exact) mass is 213 g/mol. The summed E-state index contributed by atoms with van der Waals surface area (Å²) in [6.45, 7) is 3.43. The maximum atomic E-state index is 10.9. The van der Waals surface area contributed by atoms with Gasteiger partial charge in [0.2, 0.25) is 9.05 Å². The van der Waals surface area contributed by atoms with Gasteiger partial charge in [0, 0.05) is 12.1 Å². The first-order valence-corrected chi connectivity index (χ1v) is 6.56. The average molecular weight is 214 g/mol. The second-order valence-corrected chi connectivity index (χ2v) is 5.74. The molecule has 0 aliphatic heterocycles. The van der Waals surface area contributed by atoms with Crippen LogP contribution in [0.5, 0.6) is 0 Å². The number of hydrogen-bond donors (Lipinski definition) is 0. The van der Waals surface area contributed by atoms with Crippen molar-refractivity contribution in [2.75, 3.05) is 0 Å². The van der Waals surface area contributed by atoms with E-state index in [9.17, 15) is 8.42 Å². The largest absolute Gasteiger partial charge is 0.235 e. The van der Waals surface area contributed by atoms with Gasteiger partial charge in [-0.25, -0.2) is 8.42 Å². The average Bonchev–Trinajstić information content (AvgIpc) is 1.96. The summed E-state index contributed by atoms with van der Waals surface area (Å²) in [5, 5.41) is -1.53. The van der Waals surface area contributed by atoms with Crippen LogP contribution in [0, 0.1) is 0 Å². The lowest BCUT2D eigenvalue weighted by atomic mass is 10.1. The maximum absolute atomic E-state index is 10.9. The molecule has 0 aromatic carbocycles. The van der Waals surface area contributed by atoms with Crippen LogP contribution in [0.2, 0.25) is 0 Å². The first kappa shape index (κ1) is 10.3. The molecule has 12 heavy (non-hydrogen) atoms. The molecule has 0 rings (SSSR count). The Hall–Kier alpha value is 0.240. The molecule has 0 fully saturated rings. The minimum absolute atomic E-state index is 0.318. The van der Waals surface area contributed by atoms with E-state index in [0.29, 0.717) is 6.42 Å². The van der Waals surface area contributed by atoms with Crippen molar-refractivity contribution in [2.24, 2.45) is 0 Å². The van der Waals surface area contributed by atoms with Crippen molar-refractivity contribution < 1.29 is 9.79 Å². The van der Waals surface area contributed by atoms with Crippen molar-refractivity contribution in [1.82, 2.24) is 0 Å². The summed E-state index contributed by atoms with van der Waals surface area (Å²) < 4.78 is 29.3. The molecule has 0 unspecified atom stereocenters. The molecule has 0 aromatic rings. The Kier molecular flexibility index (Phi) is 5.00. The molecule has 1 atom stereocenters. The van der Waals surface area contributed by atoms with Gasteiger partial charge in [-0.1, -0.05) is 32.6 Å². The van der Waals surface area contributed by atoms with Gasteiger partial charge in [0.05, 0.1) is 5.23 Å². The highest BCUT2D eigenvalue weighted by Gasteiger charge is 2.16. The molecule has 0 spiro atoms. The predicted octanol–water partition coefficient (Wildman–Crippen LogP) is 2.91. The third-order valence-corrected chi connectivity index (χ3v) is 3.63. The fourth-order valence-electron chi connectivity index (χ4n) is 0.923. The zero-order valence-electron chi connectivity index (χ0n) is 8.64. The van der Waals surface area contributed by atoms with Gasteiger partial charge in [-0.2, -0.15) is 0 Å². The molecule has 0 aromatic heterocycles. The van der Waals surface area contributed by atoms with Crippen LogP contribution >= 0.6 is 10.7 Å². The van der Waals surface area contributed by atoms with E-state index in [0.717, 1.165) is 25.7 Å². The molecule has 0 radical (unpaired) electrons. The molecule has 0 amide bonds. The van der Waals surface area contributed by atoms with Crippen LogP contribution in [0.1, 0.15) is 47.3 Å². The van der Waals surface area contributed by atoms with E-state index >= 15 is 0 Å². The Labute approximate surface area is 81.1 Å². The van der Waals surface area contributed by atoms with Crippen LogP contribution in [0.4, 0.5) is 0 Å². The topological polar surface area (TPSA) is 34.1 Å². The van der Waals surface area contributed by atoms with Gasteiger partial charge in [-0.3, -0.25) is 0 Å². The van der Waals surface area contributed by atoms with Gasteiger partial charge in [0.15, 0.2) is 0 Å². The Morgan fingerprint density at radius 1 is 1.42 bits per heavy atom. The van der Waals surface area contributed by atoms with Gasteiger partial charge in [0.1, 0.15) is 0 Å². The summed E-state index contributed by atoms with van der Waals surface area (Å²) >= 11 is 0. The van der Waals surface area contributed by atoms with E-state index in [4.69, 9.17) is 12.1 Å². The molecule has 4 heteroatoms. The molecule has 0 bridgehead atoms. The summed E-state index contributed by atoms with van der Waals surface area (Å²) in [5.74, 6) is 0. The Bertz CT molecular complexity index is 237. The fourth-order valence-corrected chi connectivity index (χ4v) is 1.54. The second-order valence-electron chi connectivity index (χ2n) is 2.95. The second kappa shape index (κ2) is 5.81. The number of halogens is 1. The Morgan fingerprint density at radius 3 is 2.42 bits per heavy atom. The Balaban J connectivity index is 3.91. The molecule has 0 aliphatic rings. The Morgan fingerprint density at radius 2 is 2.00 bits per heavy atom. The van der Waals surface area contributed by atoms with E-state index in [1.807, 2.05) is 0 Å². The van der Waals surface area contributed by atoms with E-state index in [-0.39, 0.29) is 0 Å². The molecular weight excluding hydrogens is 196 g/mol. The van der Waals surface area contributed by atoms with Gasteiger partial charge in [-0.05, 0) is 13.3 Å². The first-order valence-electron chi connectivity index (χ1n) is 4.75. The fraction of sp³-hybridized carbons (Fsp3) is 1.00.